The summed E-state index contributed by atoms with van der Waals surface area (Å²) in [6.07, 6.45) is -0.805. The van der Waals surface area contributed by atoms with Crippen molar-refractivity contribution >= 4 is 35.3 Å². The number of rotatable bonds is 5. The van der Waals surface area contributed by atoms with Gasteiger partial charge in [-0.3, -0.25) is 4.79 Å². The number of hydrogen-bond donors (Lipinski definition) is 4. The Morgan fingerprint density at radius 1 is 1.30 bits per heavy atom. The smallest absolute Gasteiger partial charge is 0.326 e. The number of benzene rings is 1. The van der Waals surface area contributed by atoms with Crippen molar-refractivity contribution in [2.24, 2.45) is 0 Å². The van der Waals surface area contributed by atoms with E-state index in [9.17, 15) is 18.8 Å². The van der Waals surface area contributed by atoms with Gasteiger partial charge in [-0.15, -0.1) is 0 Å². The second-order valence-electron chi connectivity index (χ2n) is 3.69. The molecule has 0 saturated heterocycles. The molecular weight excluding hydrogens is 295 g/mol. The highest BCUT2D eigenvalue weighted by molar-refractivity contribution is 6.31. The van der Waals surface area contributed by atoms with Gasteiger partial charge >= 0.3 is 18.0 Å². The zero-order valence-electron chi connectivity index (χ0n) is 9.89. The maximum absolute atomic E-state index is 13.5. The van der Waals surface area contributed by atoms with Crippen molar-refractivity contribution in [3.8, 4) is 0 Å². The zero-order valence-corrected chi connectivity index (χ0v) is 10.6. The quantitative estimate of drug-likeness (QED) is 0.658. The van der Waals surface area contributed by atoms with E-state index in [-0.39, 0.29) is 10.7 Å². The van der Waals surface area contributed by atoms with Gasteiger partial charge in [0.25, 0.3) is 0 Å². The van der Waals surface area contributed by atoms with Crippen molar-refractivity contribution in [2.75, 3.05) is 5.32 Å². The summed E-state index contributed by atoms with van der Waals surface area (Å²) in [6, 6.07) is 1.18. The zero-order chi connectivity index (χ0) is 15.3. The van der Waals surface area contributed by atoms with Crippen molar-refractivity contribution in [3.05, 3.63) is 29.0 Å². The number of carboxylic acids is 2. The number of hydrogen-bond acceptors (Lipinski definition) is 3. The Morgan fingerprint density at radius 3 is 2.50 bits per heavy atom. The van der Waals surface area contributed by atoms with E-state index >= 15 is 0 Å². The maximum atomic E-state index is 13.5. The third-order valence-electron chi connectivity index (χ3n) is 2.18. The number of amides is 2. The first-order valence-corrected chi connectivity index (χ1v) is 5.65. The summed E-state index contributed by atoms with van der Waals surface area (Å²) >= 11 is 5.50. The van der Waals surface area contributed by atoms with Gasteiger partial charge in [0.15, 0.2) is 5.82 Å². The largest absolute Gasteiger partial charge is 0.481 e. The summed E-state index contributed by atoms with van der Waals surface area (Å²) in [4.78, 5) is 32.7. The van der Waals surface area contributed by atoms with E-state index in [4.69, 9.17) is 21.8 Å². The maximum Gasteiger partial charge on any atom is 0.326 e. The first-order valence-electron chi connectivity index (χ1n) is 5.27. The van der Waals surface area contributed by atoms with E-state index in [2.05, 4.69) is 0 Å². The molecule has 0 saturated carbocycles. The van der Waals surface area contributed by atoms with E-state index in [1.165, 1.54) is 18.2 Å². The molecule has 0 bridgehead atoms. The molecule has 108 valence electrons. The Balaban J connectivity index is 2.73. The van der Waals surface area contributed by atoms with Crippen LogP contribution in [0.2, 0.25) is 5.02 Å². The Morgan fingerprint density at radius 2 is 1.95 bits per heavy atom. The summed E-state index contributed by atoms with van der Waals surface area (Å²) < 4.78 is 13.5. The lowest BCUT2D eigenvalue weighted by molar-refractivity contribution is -0.145. The fourth-order valence-corrected chi connectivity index (χ4v) is 1.47. The number of carbonyl (C=O) groups excluding carboxylic acids is 1. The molecule has 1 aromatic carbocycles. The molecule has 0 spiro atoms. The monoisotopic (exact) mass is 304 g/mol. The van der Waals surface area contributed by atoms with Crippen LogP contribution in [0.5, 0.6) is 0 Å². The molecule has 20 heavy (non-hydrogen) atoms. The Bertz CT molecular complexity index is 552. The van der Waals surface area contributed by atoms with Crippen LogP contribution in [-0.4, -0.2) is 34.2 Å². The molecule has 1 unspecified atom stereocenters. The van der Waals surface area contributed by atoms with Gasteiger partial charge in [-0.05, 0) is 12.1 Å². The van der Waals surface area contributed by atoms with Gasteiger partial charge in [0.05, 0.1) is 17.1 Å². The van der Waals surface area contributed by atoms with Crippen LogP contribution < -0.4 is 10.6 Å². The number of carboxylic acid groups (broad SMARTS) is 2. The highest BCUT2D eigenvalue weighted by Gasteiger charge is 2.23. The molecule has 1 rings (SSSR count). The fourth-order valence-electron chi connectivity index (χ4n) is 1.29. The minimum absolute atomic E-state index is 0.219. The molecule has 2 amide bonds. The minimum atomic E-state index is -1.63. The van der Waals surface area contributed by atoms with E-state index in [1.807, 2.05) is 10.6 Å². The molecule has 0 radical (unpaired) electrons. The summed E-state index contributed by atoms with van der Waals surface area (Å²) in [6.45, 7) is 0. The SMILES string of the molecule is O=C(O)CC(NC(=O)Nc1cccc(Cl)c1F)C(=O)O. The van der Waals surface area contributed by atoms with Gasteiger partial charge < -0.3 is 20.8 Å². The normalized spacial score (nSPS) is 11.5. The lowest BCUT2D eigenvalue weighted by Crippen LogP contribution is -2.44. The number of carbonyl (C=O) groups is 3. The molecule has 9 heteroatoms. The van der Waals surface area contributed by atoms with Crippen molar-refractivity contribution in [3.63, 3.8) is 0 Å². The second-order valence-corrected chi connectivity index (χ2v) is 4.10. The molecule has 0 aromatic heterocycles. The third kappa shape index (κ3) is 4.39. The molecule has 0 fully saturated rings. The van der Waals surface area contributed by atoms with Gasteiger partial charge in [0.2, 0.25) is 0 Å². The van der Waals surface area contributed by atoms with E-state index in [1.54, 1.807) is 0 Å². The summed E-state index contributed by atoms with van der Waals surface area (Å²) in [5.41, 5.74) is -0.255. The average molecular weight is 305 g/mol. The van der Waals surface area contributed by atoms with E-state index < -0.39 is 36.2 Å². The molecule has 1 aromatic rings. The minimum Gasteiger partial charge on any atom is -0.481 e. The standard InChI is InChI=1S/C11H10ClFN2O5/c12-5-2-1-3-6(9(5)13)14-11(20)15-7(10(18)19)4-8(16)17/h1-3,7H,4H2,(H,16,17)(H,18,19)(H2,14,15,20). The predicted molar refractivity (Wildman–Crippen MR) is 67.2 cm³/mol. The molecule has 0 aliphatic heterocycles. The molecule has 0 aliphatic rings. The van der Waals surface area contributed by atoms with Gasteiger partial charge in [-0.1, -0.05) is 17.7 Å². The van der Waals surface area contributed by atoms with E-state index in [0.29, 0.717) is 0 Å². The second kappa shape index (κ2) is 6.71. The summed E-state index contributed by atoms with van der Waals surface area (Å²) in [7, 11) is 0. The van der Waals surface area contributed by atoms with Crippen molar-refractivity contribution in [2.45, 2.75) is 12.5 Å². The predicted octanol–water partition coefficient (Wildman–Crippen LogP) is 1.53. The van der Waals surface area contributed by atoms with Gasteiger partial charge in [-0.2, -0.15) is 0 Å². The van der Waals surface area contributed by atoms with E-state index in [0.717, 1.165) is 0 Å². The summed E-state index contributed by atoms with van der Waals surface area (Å²) in [5.74, 6) is -3.80. The lowest BCUT2D eigenvalue weighted by Gasteiger charge is -2.13. The Labute approximate surface area is 117 Å². The Hall–Kier alpha value is -2.35. The van der Waals surface area contributed by atoms with Crippen LogP contribution in [-0.2, 0) is 9.59 Å². The molecule has 0 heterocycles. The van der Waals surface area contributed by atoms with Crippen molar-refractivity contribution in [1.29, 1.82) is 0 Å². The first kappa shape index (κ1) is 15.7. The topological polar surface area (TPSA) is 116 Å². The van der Waals surface area contributed by atoms with Crippen LogP contribution in [0.15, 0.2) is 18.2 Å². The summed E-state index contributed by atoms with van der Waals surface area (Å²) in [5, 5.41) is 21.0. The number of nitrogens with one attached hydrogen (secondary N) is 2. The molecule has 7 nitrogen and oxygen atoms in total. The highest BCUT2D eigenvalue weighted by Crippen LogP contribution is 2.21. The van der Waals surface area contributed by atoms with Crippen LogP contribution in [0.1, 0.15) is 6.42 Å². The number of halogens is 2. The first-order chi connectivity index (χ1) is 9.31. The van der Waals surface area contributed by atoms with Crippen LogP contribution in [0.4, 0.5) is 14.9 Å². The van der Waals surface area contributed by atoms with Gasteiger partial charge in [0.1, 0.15) is 6.04 Å². The fraction of sp³-hybridized carbons (Fsp3) is 0.182. The third-order valence-corrected chi connectivity index (χ3v) is 2.47. The number of aliphatic carboxylic acids is 2. The van der Waals surface area contributed by atoms with Crippen molar-refractivity contribution in [1.82, 2.24) is 5.32 Å². The highest BCUT2D eigenvalue weighted by atomic mass is 35.5. The number of anilines is 1. The molecule has 0 aliphatic carbocycles. The van der Waals surface area contributed by atoms with Gasteiger partial charge in [0, 0.05) is 0 Å². The van der Waals surface area contributed by atoms with Crippen LogP contribution in [0.25, 0.3) is 0 Å². The average Bonchev–Trinajstić information content (AvgIpc) is 2.33. The van der Waals surface area contributed by atoms with Crippen LogP contribution >= 0.6 is 11.6 Å². The van der Waals surface area contributed by atoms with Crippen LogP contribution in [0.3, 0.4) is 0 Å². The molecule has 4 N–H and O–H groups in total. The Kier molecular flexibility index (Phi) is 5.27. The lowest BCUT2D eigenvalue weighted by atomic mass is 10.2. The van der Waals surface area contributed by atoms with Gasteiger partial charge in [-0.25, -0.2) is 14.0 Å². The number of urea groups is 1. The molecule has 1 atom stereocenters. The van der Waals surface area contributed by atoms with Crippen LogP contribution in [0, 0.1) is 5.82 Å². The van der Waals surface area contributed by atoms with Crippen molar-refractivity contribution < 1.29 is 29.0 Å². The molecular formula is C11H10ClFN2O5.